The monoisotopic (exact) mass is 483 g/mol. The molecule has 0 radical (unpaired) electrons. The maximum atomic E-state index is 13.7. The van der Waals surface area contributed by atoms with Crippen LogP contribution < -0.4 is 20.1 Å². The molecular formula is C30H33N3O3. The highest BCUT2D eigenvalue weighted by Crippen LogP contribution is 2.33. The molecule has 0 aliphatic heterocycles. The van der Waals surface area contributed by atoms with Crippen molar-refractivity contribution in [2.75, 3.05) is 11.9 Å². The van der Waals surface area contributed by atoms with E-state index in [1.165, 1.54) is 0 Å². The first kappa shape index (κ1) is 25.0. The van der Waals surface area contributed by atoms with Crippen LogP contribution in [0.15, 0.2) is 85.2 Å². The van der Waals surface area contributed by atoms with Crippen molar-refractivity contribution in [1.29, 1.82) is 0 Å². The van der Waals surface area contributed by atoms with E-state index in [1.807, 2.05) is 107 Å². The lowest BCUT2D eigenvalue weighted by Crippen LogP contribution is -2.35. The molecule has 0 saturated carbocycles. The van der Waals surface area contributed by atoms with Crippen LogP contribution in [0.2, 0.25) is 0 Å². The SMILES string of the molecule is CCOc1cc([C@@H](Nc2ccc3cnccc3c2)C(=O)NC(C)c2ccccc2)ccc1OC(C)C. The zero-order valence-corrected chi connectivity index (χ0v) is 21.2. The van der Waals surface area contributed by atoms with E-state index in [1.54, 1.807) is 6.20 Å². The average molecular weight is 484 g/mol. The van der Waals surface area contributed by atoms with Crippen LogP contribution in [0.5, 0.6) is 11.5 Å². The second kappa shape index (κ2) is 11.6. The van der Waals surface area contributed by atoms with Crippen LogP contribution >= 0.6 is 0 Å². The highest BCUT2D eigenvalue weighted by atomic mass is 16.5. The number of amides is 1. The van der Waals surface area contributed by atoms with Crippen molar-refractivity contribution in [3.05, 3.63) is 96.3 Å². The van der Waals surface area contributed by atoms with Crippen molar-refractivity contribution in [2.24, 2.45) is 0 Å². The molecule has 1 heterocycles. The van der Waals surface area contributed by atoms with Gasteiger partial charge in [-0.25, -0.2) is 0 Å². The van der Waals surface area contributed by atoms with Crippen LogP contribution in [0, 0.1) is 0 Å². The molecule has 1 unspecified atom stereocenters. The maximum Gasteiger partial charge on any atom is 0.247 e. The number of carbonyl (C=O) groups excluding carboxylic acids is 1. The Balaban J connectivity index is 1.68. The molecule has 0 saturated heterocycles. The quantitative estimate of drug-likeness (QED) is 0.271. The average Bonchev–Trinajstić information content (AvgIpc) is 2.88. The first-order valence-electron chi connectivity index (χ1n) is 12.3. The van der Waals surface area contributed by atoms with Crippen LogP contribution in [0.25, 0.3) is 10.8 Å². The lowest BCUT2D eigenvalue weighted by molar-refractivity contribution is -0.122. The first-order chi connectivity index (χ1) is 17.4. The van der Waals surface area contributed by atoms with Crippen LogP contribution in [0.4, 0.5) is 5.69 Å². The van der Waals surface area contributed by atoms with Crippen LogP contribution in [0.3, 0.4) is 0 Å². The minimum atomic E-state index is -0.650. The topological polar surface area (TPSA) is 72.5 Å². The summed E-state index contributed by atoms with van der Waals surface area (Å²) in [4.78, 5) is 17.9. The molecule has 186 valence electrons. The zero-order valence-electron chi connectivity index (χ0n) is 21.2. The molecule has 0 spiro atoms. The van der Waals surface area contributed by atoms with Crippen molar-refractivity contribution in [2.45, 2.75) is 45.9 Å². The third kappa shape index (κ3) is 6.13. The Hall–Kier alpha value is -4.06. The lowest BCUT2D eigenvalue weighted by atomic mass is 10.0. The van der Waals surface area contributed by atoms with Crippen molar-refractivity contribution in [1.82, 2.24) is 10.3 Å². The standard InChI is InChI=1S/C30H33N3O3/c1-5-35-28-18-24(12-14-27(28)36-20(2)3)29(30(34)32-21(4)22-9-7-6-8-10-22)33-26-13-11-25-19-31-16-15-23(25)17-26/h6-21,29,33H,5H2,1-4H3,(H,32,34)/t21?,29-/m1/s1. The van der Waals surface area contributed by atoms with E-state index >= 15 is 0 Å². The van der Waals surface area contributed by atoms with E-state index in [2.05, 4.69) is 15.6 Å². The van der Waals surface area contributed by atoms with Gasteiger partial charge in [-0.3, -0.25) is 9.78 Å². The Bertz CT molecular complexity index is 1310. The minimum Gasteiger partial charge on any atom is -0.490 e. The predicted molar refractivity (Wildman–Crippen MR) is 144 cm³/mol. The van der Waals surface area contributed by atoms with Gasteiger partial charge in [-0.2, -0.15) is 0 Å². The summed E-state index contributed by atoms with van der Waals surface area (Å²) in [5, 5.41) is 8.69. The smallest absolute Gasteiger partial charge is 0.247 e. The first-order valence-corrected chi connectivity index (χ1v) is 12.3. The zero-order chi connectivity index (χ0) is 25.5. The van der Waals surface area contributed by atoms with Gasteiger partial charge in [0.15, 0.2) is 11.5 Å². The van der Waals surface area contributed by atoms with Crippen LogP contribution in [0.1, 0.15) is 50.9 Å². The van der Waals surface area contributed by atoms with E-state index in [0.29, 0.717) is 18.1 Å². The molecular weight excluding hydrogens is 450 g/mol. The van der Waals surface area contributed by atoms with Gasteiger partial charge in [-0.05, 0) is 74.5 Å². The summed E-state index contributed by atoms with van der Waals surface area (Å²) >= 11 is 0. The Morgan fingerprint density at radius 1 is 0.889 bits per heavy atom. The number of hydrogen-bond acceptors (Lipinski definition) is 5. The number of carbonyl (C=O) groups is 1. The number of pyridine rings is 1. The number of nitrogens with one attached hydrogen (secondary N) is 2. The molecule has 2 atom stereocenters. The van der Waals surface area contributed by atoms with Crippen molar-refractivity contribution in [3.63, 3.8) is 0 Å². The lowest BCUT2D eigenvalue weighted by Gasteiger charge is -2.24. The van der Waals surface area contributed by atoms with E-state index in [9.17, 15) is 4.79 Å². The van der Waals surface area contributed by atoms with Crippen molar-refractivity contribution < 1.29 is 14.3 Å². The number of hydrogen-bond donors (Lipinski definition) is 2. The molecule has 0 aliphatic carbocycles. The molecule has 1 amide bonds. The van der Waals surface area contributed by atoms with Gasteiger partial charge in [0.1, 0.15) is 6.04 Å². The van der Waals surface area contributed by atoms with Gasteiger partial charge in [-0.1, -0.05) is 42.5 Å². The second-order valence-corrected chi connectivity index (χ2v) is 8.96. The predicted octanol–water partition coefficient (Wildman–Crippen LogP) is 6.45. The summed E-state index contributed by atoms with van der Waals surface area (Å²) in [5.41, 5.74) is 2.65. The fraction of sp³-hybridized carbons (Fsp3) is 0.267. The summed E-state index contributed by atoms with van der Waals surface area (Å²) in [5.74, 6) is 1.13. The number of benzene rings is 3. The highest BCUT2D eigenvalue weighted by Gasteiger charge is 2.24. The number of ether oxygens (including phenoxy) is 2. The van der Waals surface area contributed by atoms with E-state index in [-0.39, 0.29) is 18.1 Å². The maximum absolute atomic E-state index is 13.7. The van der Waals surface area contributed by atoms with Crippen LogP contribution in [-0.2, 0) is 4.79 Å². The summed E-state index contributed by atoms with van der Waals surface area (Å²) < 4.78 is 11.8. The number of aromatic nitrogens is 1. The fourth-order valence-corrected chi connectivity index (χ4v) is 4.09. The van der Waals surface area contributed by atoms with E-state index in [0.717, 1.165) is 27.6 Å². The molecule has 6 nitrogen and oxygen atoms in total. The molecule has 3 aromatic carbocycles. The Morgan fingerprint density at radius 2 is 1.69 bits per heavy atom. The molecule has 2 N–H and O–H groups in total. The minimum absolute atomic E-state index is 0.00564. The van der Waals surface area contributed by atoms with Gasteiger partial charge in [0, 0.05) is 23.5 Å². The molecule has 0 aliphatic rings. The summed E-state index contributed by atoms with van der Waals surface area (Å²) in [6.07, 6.45) is 3.60. The Kier molecular flexibility index (Phi) is 8.06. The molecule has 0 fully saturated rings. The number of rotatable bonds is 10. The van der Waals surface area contributed by atoms with Crippen LogP contribution in [-0.4, -0.2) is 23.6 Å². The van der Waals surface area contributed by atoms with E-state index in [4.69, 9.17) is 9.47 Å². The highest BCUT2D eigenvalue weighted by molar-refractivity contribution is 5.89. The number of anilines is 1. The van der Waals surface area contributed by atoms with Gasteiger partial charge in [0.25, 0.3) is 0 Å². The molecule has 6 heteroatoms. The third-order valence-corrected chi connectivity index (χ3v) is 5.84. The van der Waals surface area contributed by atoms with Gasteiger partial charge in [0.2, 0.25) is 5.91 Å². The summed E-state index contributed by atoms with van der Waals surface area (Å²) in [7, 11) is 0. The van der Waals surface area contributed by atoms with Gasteiger partial charge >= 0.3 is 0 Å². The number of fused-ring (bicyclic) bond motifs is 1. The number of nitrogens with zero attached hydrogens (tertiary/aromatic N) is 1. The summed E-state index contributed by atoms with van der Waals surface area (Å²) in [6, 6.07) is 22.7. The Morgan fingerprint density at radius 3 is 2.44 bits per heavy atom. The van der Waals surface area contributed by atoms with Crippen molar-refractivity contribution >= 4 is 22.4 Å². The molecule has 0 bridgehead atoms. The largest absolute Gasteiger partial charge is 0.490 e. The normalized spacial score (nSPS) is 12.7. The van der Waals surface area contributed by atoms with Gasteiger partial charge < -0.3 is 20.1 Å². The van der Waals surface area contributed by atoms with Crippen molar-refractivity contribution in [3.8, 4) is 11.5 Å². The Labute approximate surface area is 212 Å². The van der Waals surface area contributed by atoms with E-state index < -0.39 is 6.04 Å². The van der Waals surface area contributed by atoms with Gasteiger partial charge in [0.05, 0.1) is 18.8 Å². The molecule has 36 heavy (non-hydrogen) atoms. The molecule has 1 aromatic heterocycles. The summed E-state index contributed by atoms with van der Waals surface area (Å²) in [6.45, 7) is 8.35. The van der Waals surface area contributed by atoms with Gasteiger partial charge in [-0.15, -0.1) is 0 Å². The fourth-order valence-electron chi connectivity index (χ4n) is 4.09. The molecule has 4 rings (SSSR count). The molecule has 4 aromatic rings. The third-order valence-electron chi connectivity index (χ3n) is 5.84. The second-order valence-electron chi connectivity index (χ2n) is 8.96.